The van der Waals surface area contributed by atoms with Crippen LogP contribution < -0.4 is 0 Å². The molecule has 0 saturated heterocycles. The molecule has 6 heteroatoms. The molecule has 0 aliphatic heterocycles. The second-order valence-electron chi connectivity index (χ2n) is 4.41. The highest BCUT2D eigenvalue weighted by molar-refractivity contribution is 5.92. The first kappa shape index (κ1) is 12.3. The molecule has 0 saturated carbocycles. The third-order valence-corrected chi connectivity index (χ3v) is 3.01. The number of aryl methyl sites for hydroxylation is 1. The molecule has 0 radical (unpaired) electrons. The standard InChI is InChI=1S/C14H10FN3O2/c1-8-6-18-7-16-12(14(19)20)13(18)17-11(8)9-2-4-10(15)5-3-9/h2-7H,1H3,(H,19,20). The minimum Gasteiger partial charge on any atom is -0.476 e. The van der Waals surface area contributed by atoms with Gasteiger partial charge in [0.25, 0.3) is 0 Å². The van der Waals surface area contributed by atoms with Crippen LogP contribution >= 0.6 is 0 Å². The van der Waals surface area contributed by atoms with Crippen molar-refractivity contribution in [3.8, 4) is 11.3 Å². The molecule has 1 aromatic carbocycles. The number of carboxylic acids is 1. The maximum Gasteiger partial charge on any atom is 0.358 e. The van der Waals surface area contributed by atoms with Crippen LogP contribution in [0.1, 0.15) is 16.1 Å². The summed E-state index contributed by atoms with van der Waals surface area (Å²) in [4.78, 5) is 19.3. The predicted octanol–water partition coefficient (Wildman–Crippen LogP) is 2.54. The summed E-state index contributed by atoms with van der Waals surface area (Å²) in [5.41, 5.74) is 2.35. The van der Waals surface area contributed by atoms with Gasteiger partial charge in [0.1, 0.15) is 12.1 Å². The van der Waals surface area contributed by atoms with Crippen molar-refractivity contribution in [2.75, 3.05) is 0 Å². The molecular weight excluding hydrogens is 261 g/mol. The van der Waals surface area contributed by atoms with Crippen molar-refractivity contribution >= 4 is 11.6 Å². The van der Waals surface area contributed by atoms with E-state index in [1.165, 1.54) is 18.5 Å². The number of hydrogen-bond donors (Lipinski definition) is 1. The van der Waals surface area contributed by atoms with Gasteiger partial charge in [-0.1, -0.05) is 0 Å². The van der Waals surface area contributed by atoms with Gasteiger partial charge >= 0.3 is 5.97 Å². The van der Waals surface area contributed by atoms with Gasteiger partial charge in [0.15, 0.2) is 11.3 Å². The lowest BCUT2D eigenvalue weighted by atomic mass is 10.1. The second-order valence-corrected chi connectivity index (χ2v) is 4.41. The van der Waals surface area contributed by atoms with E-state index in [0.717, 1.165) is 11.1 Å². The molecular formula is C14H10FN3O2. The topological polar surface area (TPSA) is 67.5 Å². The Bertz CT molecular complexity index is 809. The van der Waals surface area contributed by atoms with Crippen molar-refractivity contribution in [1.82, 2.24) is 14.4 Å². The van der Waals surface area contributed by atoms with Gasteiger partial charge in [-0.2, -0.15) is 0 Å². The van der Waals surface area contributed by atoms with Gasteiger partial charge in [0.2, 0.25) is 0 Å². The van der Waals surface area contributed by atoms with E-state index in [0.29, 0.717) is 5.69 Å². The van der Waals surface area contributed by atoms with E-state index >= 15 is 0 Å². The molecule has 20 heavy (non-hydrogen) atoms. The second kappa shape index (κ2) is 4.41. The highest BCUT2D eigenvalue weighted by Crippen LogP contribution is 2.23. The molecule has 100 valence electrons. The van der Waals surface area contributed by atoms with Gasteiger partial charge in [0.05, 0.1) is 5.69 Å². The molecule has 0 amide bonds. The maximum absolute atomic E-state index is 13.0. The quantitative estimate of drug-likeness (QED) is 0.777. The number of aromatic nitrogens is 3. The number of benzene rings is 1. The Kier molecular flexibility index (Phi) is 2.71. The predicted molar refractivity (Wildman–Crippen MR) is 70.1 cm³/mol. The number of hydrogen-bond acceptors (Lipinski definition) is 3. The average Bonchev–Trinajstić information content (AvgIpc) is 2.81. The molecule has 0 spiro atoms. The molecule has 3 rings (SSSR count). The van der Waals surface area contributed by atoms with E-state index in [-0.39, 0.29) is 17.2 Å². The molecule has 1 N–H and O–H groups in total. The first-order valence-electron chi connectivity index (χ1n) is 5.90. The number of carboxylic acid groups (broad SMARTS) is 1. The van der Waals surface area contributed by atoms with Crippen LogP contribution in [0.25, 0.3) is 16.9 Å². The van der Waals surface area contributed by atoms with Crippen LogP contribution in [0.15, 0.2) is 36.8 Å². The molecule has 0 unspecified atom stereocenters. The molecule has 5 nitrogen and oxygen atoms in total. The zero-order valence-electron chi connectivity index (χ0n) is 10.5. The van der Waals surface area contributed by atoms with E-state index in [2.05, 4.69) is 9.97 Å². The van der Waals surface area contributed by atoms with Crippen LogP contribution in [-0.2, 0) is 0 Å². The Labute approximate surface area is 113 Å². The van der Waals surface area contributed by atoms with Crippen molar-refractivity contribution in [3.63, 3.8) is 0 Å². The lowest BCUT2D eigenvalue weighted by molar-refractivity contribution is 0.0693. The first-order valence-corrected chi connectivity index (χ1v) is 5.90. The average molecular weight is 271 g/mol. The Hall–Kier alpha value is -2.76. The number of halogens is 1. The number of carbonyl (C=O) groups is 1. The molecule has 0 aliphatic carbocycles. The molecule has 0 atom stereocenters. The van der Waals surface area contributed by atoms with E-state index in [4.69, 9.17) is 5.11 Å². The normalized spacial score (nSPS) is 10.9. The van der Waals surface area contributed by atoms with Crippen LogP contribution in [0, 0.1) is 12.7 Å². The third kappa shape index (κ3) is 1.91. The first-order chi connectivity index (χ1) is 9.56. The van der Waals surface area contributed by atoms with Gasteiger partial charge in [-0.3, -0.25) is 4.40 Å². The fourth-order valence-corrected chi connectivity index (χ4v) is 2.07. The summed E-state index contributed by atoms with van der Waals surface area (Å²) < 4.78 is 14.5. The minimum atomic E-state index is -1.13. The molecule has 2 aromatic heterocycles. The van der Waals surface area contributed by atoms with E-state index in [1.807, 2.05) is 6.92 Å². The molecule has 0 bridgehead atoms. The van der Waals surface area contributed by atoms with Crippen LogP contribution in [0.3, 0.4) is 0 Å². The summed E-state index contributed by atoms with van der Waals surface area (Å²) in [6.45, 7) is 1.85. The van der Waals surface area contributed by atoms with Gasteiger partial charge in [-0.25, -0.2) is 19.2 Å². The zero-order valence-corrected chi connectivity index (χ0v) is 10.5. The van der Waals surface area contributed by atoms with Crippen molar-refractivity contribution in [1.29, 1.82) is 0 Å². The van der Waals surface area contributed by atoms with Crippen molar-refractivity contribution in [3.05, 3.63) is 53.9 Å². The smallest absolute Gasteiger partial charge is 0.358 e. The van der Waals surface area contributed by atoms with Gasteiger partial charge in [-0.05, 0) is 36.8 Å². The van der Waals surface area contributed by atoms with Crippen LogP contribution in [-0.4, -0.2) is 25.4 Å². The van der Waals surface area contributed by atoms with E-state index in [1.54, 1.807) is 22.7 Å². The van der Waals surface area contributed by atoms with Crippen LogP contribution in [0.5, 0.6) is 0 Å². The van der Waals surface area contributed by atoms with Crippen molar-refractivity contribution in [2.24, 2.45) is 0 Å². The molecule has 0 aliphatic rings. The Morgan fingerprint density at radius 1 is 1.30 bits per heavy atom. The Balaban J connectivity index is 2.24. The van der Waals surface area contributed by atoms with Crippen LogP contribution in [0.2, 0.25) is 0 Å². The number of imidazole rings is 1. The van der Waals surface area contributed by atoms with Crippen LogP contribution in [0.4, 0.5) is 4.39 Å². The fourth-order valence-electron chi connectivity index (χ4n) is 2.07. The number of aromatic carboxylic acids is 1. The minimum absolute atomic E-state index is 0.103. The van der Waals surface area contributed by atoms with Crippen molar-refractivity contribution in [2.45, 2.75) is 6.92 Å². The van der Waals surface area contributed by atoms with Gasteiger partial charge in [0, 0.05) is 11.8 Å². The monoisotopic (exact) mass is 271 g/mol. The maximum atomic E-state index is 13.0. The Morgan fingerprint density at radius 3 is 2.65 bits per heavy atom. The van der Waals surface area contributed by atoms with E-state index < -0.39 is 5.97 Å². The van der Waals surface area contributed by atoms with Gasteiger partial charge < -0.3 is 5.11 Å². The SMILES string of the molecule is Cc1cn2cnc(C(=O)O)c2nc1-c1ccc(F)cc1. The lowest BCUT2D eigenvalue weighted by Gasteiger charge is -2.06. The third-order valence-electron chi connectivity index (χ3n) is 3.01. The summed E-state index contributed by atoms with van der Waals surface area (Å²) in [7, 11) is 0. The van der Waals surface area contributed by atoms with Gasteiger partial charge in [-0.15, -0.1) is 0 Å². The molecule has 3 aromatic rings. The van der Waals surface area contributed by atoms with Crippen molar-refractivity contribution < 1.29 is 14.3 Å². The highest BCUT2D eigenvalue weighted by atomic mass is 19.1. The Morgan fingerprint density at radius 2 is 2.00 bits per heavy atom. The zero-order chi connectivity index (χ0) is 14.3. The number of fused-ring (bicyclic) bond motifs is 1. The summed E-state index contributed by atoms with van der Waals surface area (Å²) in [5.74, 6) is -1.46. The number of nitrogens with zero attached hydrogens (tertiary/aromatic N) is 3. The largest absolute Gasteiger partial charge is 0.476 e. The van der Waals surface area contributed by atoms with E-state index in [9.17, 15) is 9.18 Å². The molecule has 2 heterocycles. The molecule has 0 fully saturated rings. The summed E-state index contributed by atoms with van der Waals surface area (Å²) in [6, 6.07) is 5.90. The summed E-state index contributed by atoms with van der Waals surface area (Å²) in [5, 5.41) is 9.07. The summed E-state index contributed by atoms with van der Waals surface area (Å²) in [6.07, 6.45) is 3.16. The number of rotatable bonds is 2. The fraction of sp³-hybridized carbons (Fsp3) is 0.0714. The highest BCUT2D eigenvalue weighted by Gasteiger charge is 2.15. The lowest BCUT2D eigenvalue weighted by Crippen LogP contribution is -2.01. The summed E-state index contributed by atoms with van der Waals surface area (Å²) >= 11 is 0.